The van der Waals surface area contributed by atoms with E-state index in [1.165, 1.54) is 0 Å². The number of rotatable bonds is 4. The zero-order valence-electron chi connectivity index (χ0n) is 11.6. The molecule has 1 atom stereocenters. The van der Waals surface area contributed by atoms with E-state index >= 15 is 0 Å². The van der Waals surface area contributed by atoms with Gasteiger partial charge < -0.3 is 16.0 Å². The highest BCUT2D eigenvalue weighted by molar-refractivity contribution is 5.92. The summed E-state index contributed by atoms with van der Waals surface area (Å²) in [5.41, 5.74) is 7.63. The van der Waals surface area contributed by atoms with Gasteiger partial charge in [0.05, 0.1) is 5.92 Å². The van der Waals surface area contributed by atoms with Crippen LogP contribution >= 0.6 is 0 Å². The molecule has 0 saturated carbocycles. The Balaban J connectivity index is 1.92. The Labute approximate surface area is 115 Å². The highest BCUT2D eigenvalue weighted by atomic mass is 16.1. The lowest BCUT2D eigenvalue weighted by molar-refractivity contribution is -0.121. The van der Waals surface area contributed by atoms with E-state index < -0.39 is 0 Å². The quantitative estimate of drug-likeness (QED) is 0.865. The smallest absolute Gasteiger partial charge is 0.228 e. The van der Waals surface area contributed by atoms with E-state index in [9.17, 15) is 4.79 Å². The summed E-state index contributed by atoms with van der Waals surface area (Å²) >= 11 is 0. The SMILES string of the molecule is Cc1cccc(NC(=O)C2CCCN(CCN)C2)c1. The van der Waals surface area contributed by atoms with Crippen LogP contribution in [0.5, 0.6) is 0 Å². The van der Waals surface area contributed by atoms with Gasteiger partial charge in [-0.15, -0.1) is 0 Å². The average molecular weight is 261 g/mol. The molecule has 1 unspecified atom stereocenters. The number of carbonyl (C=O) groups excluding carboxylic acids is 1. The molecule has 0 aliphatic carbocycles. The largest absolute Gasteiger partial charge is 0.329 e. The maximum atomic E-state index is 12.3. The molecule has 3 N–H and O–H groups in total. The summed E-state index contributed by atoms with van der Waals surface area (Å²) in [6, 6.07) is 7.93. The number of hydrogen-bond donors (Lipinski definition) is 2. The van der Waals surface area contributed by atoms with Crippen LogP contribution in [0.25, 0.3) is 0 Å². The van der Waals surface area contributed by atoms with Gasteiger partial charge in [0.1, 0.15) is 0 Å². The van der Waals surface area contributed by atoms with Crippen LogP contribution in [-0.2, 0) is 4.79 Å². The third-order valence-corrected chi connectivity index (χ3v) is 3.61. The molecule has 1 fully saturated rings. The number of aryl methyl sites for hydroxylation is 1. The van der Waals surface area contributed by atoms with Crippen LogP contribution in [-0.4, -0.2) is 37.0 Å². The van der Waals surface area contributed by atoms with E-state index in [2.05, 4.69) is 10.2 Å². The molecule has 4 heteroatoms. The van der Waals surface area contributed by atoms with Gasteiger partial charge in [0.2, 0.25) is 5.91 Å². The topological polar surface area (TPSA) is 58.4 Å². The number of nitrogens with two attached hydrogens (primary N) is 1. The Bertz CT molecular complexity index is 431. The summed E-state index contributed by atoms with van der Waals surface area (Å²) in [6.45, 7) is 5.46. The zero-order chi connectivity index (χ0) is 13.7. The molecular formula is C15H23N3O. The summed E-state index contributed by atoms with van der Waals surface area (Å²) in [5, 5.41) is 3.02. The molecule has 104 valence electrons. The minimum atomic E-state index is 0.0841. The molecule has 1 aliphatic heterocycles. The van der Waals surface area contributed by atoms with Gasteiger partial charge in [0.15, 0.2) is 0 Å². The second kappa shape index (κ2) is 6.68. The van der Waals surface area contributed by atoms with Gasteiger partial charge in [-0.05, 0) is 44.0 Å². The number of piperidine rings is 1. The van der Waals surface area contributed by atoms with Crippen molar-refractivity contribution in [2.24, 2.45) is 11.7 Å². The number of likely N-dealkylation sites (tertiary alicyclic amines) is 1. The van der Waals surface area contributed by atoms with Gasteiger partial charge in [-0.2, -0.15) is 0 Å². The van der Waals surface area contributed by atoms with Crippen molar-refractivity contribution in [1.82, 2.24) is 4.90 Å². The maximum absolute atomic E-state index is 12.3. The lowest BCUT2D eigenvalue weighted by atomic mass is 9.97. The monoisotopic (exact) mass is 261 g/mol. The highest BCUT2D eigenvalue weighted by Crippen LogP contribution is 2.18. The van der Waals surface area contributed by atoms with Crippen molar-refractivity contribution in [3.05, 3.63) is 29.8 Å². The summed E-state index contributed by atoms with van der Waals surface area (Å²) in [7, 11) is 0. The fourth-order valence-electron chi connectivity index (χ4n) is 2.62. The van der Waals surface area contributed by atoms with E-state index in [0.29, 0.717) is 6.54 Å². The van der Waals surface area contributed by atoms with Gasteiger partial charge in [-0.1, -0.05) is 12.1 Å². The Hall–Kier alpha value is -1.39. The molecular weight excluding hydrogens is 238 g/mol. The third kappa shape index (κ3) is 4.04. The minimum Gasteiger partial charge on any atom is -0.329 e. The van der Waals surface area contributed by atoms with Crippen molar-refractivity contribution in [3.8, 4) is 0 Å². The first-order chi connectivity index (χ1) is 9.19. The molecule has 1 amide bonds. The summed E-state index contributed by atoms with van der Waals surface area (Å²) < 4.78 is 0. The normalized spacial score (nSPS) is 20.2. The molecule has 1 aromatic rings. The van der Waals surface area contributed by atoms with Crippen molar-refractivity contribution >= 4 is 11.6 Å². The minimum absolute atomic E-state index is 0.0841. The number of carbonyl (C=O) groups is 1. The Morgan fingerprint density at radius 2 is 2.37 bits per heavy atom. The first kappa shape index (κ1) is 14.0. The molecule has 2 rings (SSSR count). The molecule has 1 heterocycles. The van der Waals surface area contributed by atoms with E-state index in [0.717, 1.165) is 43.7 Å². The predicted molar refractivity (Wildman–Crippen MR) is 78.0 cm³/mol. The van der Waals surface area contributed by atoms with E-state index in [1.54, 1.807) is 0 Å². The van der Waals surface area contributed by atoms with Crippen LogP contribution in [0.3, 0.4) is 0 Å². The van der Waals surface area contributed by atoms with Gasteiger partial charge in [0.25, 0.3) is 0 Å². The van der Waals surface area contributed by atoms with Crippen molar-refractivity contribution in [2.75, 3.05) is 31.5 Å². The van der Waals surface area contributed by atoms with E-state index in [1.807, 2.05) is 31.2 Å². The molecule has 1 aromatic carbocycles. The van der Waals surface area contributed by atoms with Crippen LogP contribution in [0.1, 0.15) is 18.4 Å². The lowest BCUT2D eigenvalue weighted by Crippen LogP contribution is -2.42. The number of amides is 1. The summed E-state index contributed by atoms with van der Waals surface area (Å²) in [5.74, 6) is 0.216. The van der Waals surface area contributed by atoms with Crippen molar-refractivity contribution in [2.45, 2.75) is 19.8 Å². The number of nitrogens with one attached hydrogen (secondary N) is 1. The molecule has 0 radical (unpaired) electrons. The lowest BCUT2D eigenvalue weighted by Gasteiger charge is -2.31. The van der Waals surface area contributed by atoms with Gasteiger partial charge >= 0.3 is 0 Å². The van der Waals surface area contributed by atoms with E-state index in [-0.39, 0.29) is 11.8 Å². The van der Waals surface area contributed by atoms with Crippen LogP contribution in [0.15, 0.2) is 24.3 Å². The number of benzene rings is 1. The predicted octanol–water partition coefficient (Wildman–Crippen LogP) is 1.60. The average Bonchev–Trinajstić information content (AvgIpc) is 2.39. The Morgan fingerprint density at radius 1 is 1.53 bits per heavy atom. The second-order valence-electron chi connectivity index (χ2n) is 5.29. The first-order valence-corrected chi connectivity index (χ1v) is 6.99. The first-order valence-electron chi connectivity index (χ1n) is 6.99. The van der Waals surface area contributed by atoms with Crippen LogP contribution < -0.4 is 11.1 Å². The van der Waals surface area contributed by atoms with Gasteiger partial charge in [0, 0.05) is 25.3 Å². The zero-order valence-corrected chi connectivity index (χ0v) is 11.6. The van der Waals surface area contributed by atoms with Crippen LogP contribution in [0.2, 0.25) is 0 Å². The summed E-state index contributed by atoms with van der Waals surface area (Å²) in [4.78, 5) is 14.5. The maximum Gasteiger partial charge on any atom is 0.228 e. The molecule has 1 saturated heterocycles. The molecule has 4 nitrogen and oxygen atoms in total. The van der Waals surface area contributed by atoms with Crippen molar-refractivity contribution in [1.29, 1.82) is 0 Å². The van der Waals surface area contributed by atoms with Crippen LogP contribution in [0, 0.1) is 12.8 Å². The van der Waals surface area contributed by atoms with E-state index in [4.69, 9.17) is 5.73 Å². The second-order valence-corrected chi connectivity index (χ2v) is 5.29. The van der Waals surface area contributed by atoms with Crippen molar-refractivity contribution in [3.63, 3.8) is 0 Å². The highest BCUT2D eigenvalue weighted by Gasteiger charge is 2.25. The molecule has 19 heavy (non-hydrogen) atoms. The molecule has 0 aromatic heterocycles. The number of hydrogen-bond acceptors (Lipinski definition) is 3. The Kier molecular flexibility index (Phi) is 4.93. The van der Waals surface area contributed by atoms with Gasteiger partial charge in [-0.25, -0.2) is 0 Å². The number of nitrogens with zero attached hydrogens (tertiary/aromatic N) is 1. The fraction of sp³-hybridized carbons (Fsp3) is 0.533. The van der Waals surface area contributed by atoms with Crippen molar-refractivity contribution < 1.29 is 4.79 Å². The Morgan fingerprint density at radius 3 is 3.11 bits per heavy atom. The standard InChI is InChI=1S/C15H23N3O/c1-12-4-2-6-14(10-12)17-15(19)13-5-3-8-18(11-13)9-7-16/h2,4,6,10,13H,3,5,7-9,11,16H2,1H3,(H,17,19). The molecule has 0 spiro atoms. The third-order valence-electron chi connectivity index (χ3n) is 3.61. The fourth-order valence-corrected chi connectivity index (χ4v) is 2.62. The molecule has 1 aliphatic rings. The number of anilines is 1. The van der Waals surface area contributed by atoms with Crippen LogP contribution in [0.4, 0.5) is 5.69 Å². The summed E-state index contributed by atoms with van der Waals surface area (Å²) in [6.07, 6.45) is 2.05. The van der Waals surface area contributed by atoms with Gasteiger partial charge in [-0.3, -0.25) is 4.79 Å². The molecule has 0 bridgehead atoms.